The zero-order valence-corrected chi connectivity index (χ0v) is 20.3. The average molecular weight is 490 g/mol. The van der Waals surface area contributed by atoms with Gasteiger partial charge in [0.2, 0.25) is 5.91 Å². The SMILES string of the molecule is COc1ccc(CN2CCN(C(=O)C3CCCN(C(=O)c4ccc(Cl)c(Cl)c4)C3)CC2)cc1. The first-order valence-electron chi connectivity index (χ1n) is 11.3. The Balaban J connectivity index is 1.30. The van der Waals surface area contributed by atoms with Gasteiger partial charge in [0.25, 0.3) is 5.91 Å². The highest BCUT2D eigenvalue weighted by molar-refractivity contribution is 6.42. The number of hydrogen-bond acceptors (Lipinski definition) is 4. The van der Waals surface area contributed by atoms with E-state index in [0.717, 1.165) is 38.2 Å². The first-order valence-corrected chi connectivity index (χ1v) is 12.1. The molecule has 0 aromatic heterocycles. The molecule has 0 aliphatic carbocycles. The van der Waals surface area contributed by atoms with Crippen molar-refractivity contribution in [3.05, 3.63) is 63.6 Å². The largest absolute Gasteiger partial charge is 0.497 e. The van der Waals surface area contributed by atoms with E-state index >= 15 is 0 Å². The predicted molar refractivity (Wildman–Crippen MR) is 130 cm³/mol. The molecule has 2 heterocycles. The molecule has 8 heteroatoms. The zero-order valence-electron chi connectivity index (χ0n) is 18.8. The molecule has 33 heavy (non-hydrogen) atoms. The summed E-state index contributed by atoms with van der Waals surface area (Å²) in [5.74, 6) is 0.757. The third kappa shape index (κ3) is 5.81. The third-order valence-corrected chi connectivity index (χ3v) is 7.21. The lowest BCUT2D eigenvalue weighted by Crippen LogP contribution is -2.52. The Morgan fingerprint density at radius 3 is 2.33 bits per heavy atom. The van der Waals surface area contributed by atoms with Crippen LogP contribution in [0.15, 0.2) is 42.5 Å². The number of nitrogens with zero attached hydrogens (tertiary/aromatic N) is 3. The van der Waals surface area contributed by atoms with Crippen LogP contribution in [-0.4, -0.2) is 72.9 Å². The molecule has 2 fully saturated rings. The number of methoxy groups -OCH3 is 1. The Kier molecular flexibility index (Phi) is 7.78. The van der Waals surface area contributed by atoms with E-state index in [4.69, 9.17) is 27.9 Å². The minimum Gasteiger partial charge on any atom is -0.497 e. The van der Waals surface area contributed by atoms with Gasteiger partial charge in [0, 0.05) is 51.4 Å². The lowest BCUT2D eigenvalue weighted by molar-refractivity contribution is -0.138. The fourth-order valence-corrected chi connectivity index (χ4v) is 4.85. The van der Waals surface area contributed by atoms with Crippen LogP contribution in [0.2, 0.25) is 10.0 Å². The van der Waals surface area contributed by atoms with E-state index in [-0.39, 0.29) is 17.7 Å². The molecule has 176 valence electrons. The smallest absolute Gasteiger partial charge is 0.253 e. The number of halogens is 2. The van der Waals surface area contributed by atoms with Crippen LogP contribution in [-0.2, 0) is 11.3 Å². The quantitative estimate of drug-likeness (QED) is 0.631. The lowest BCUT2D eigenvalue weighted by Gasteiger charge is -2.39. The maximum absolute atomic E-state index is 13.2. The molecule has 2 aliphatic rings. The van der Waals surface area contributed by atoms with Gasteiger partial charge in [-0.25, -0.2) is 0 Å². The van der Waals surface area contributed by atoms with Crippen molar-refractivity contribution < 1.29 is 14.3 Å². The summed E-state index contributed by atoms with van der Waals surface area (Å²) in [7, 11) is 1.67. The minimum atomic E-state index is -0.154. The number of hydrogen-bond donors (Lipinski definition) is 0. The molecule has 6 nitrogen and oxygen atoms in total. The Morgan fingerprint density at radius 1 is 0.939 bits per heavy atom. The Morgan fingerprint density at radius 2 is 1.67 bits per heavy atom. The van der Waals surface area contributed by atoms with Crippen LogP contribution in [0, 0.1) is 5.92 Å². The maximum atomic E-state index is 13.2. The topological polar surface area (TPSA) is 53.1 Å². The molecule has 2 amide bonds. The van der Waals surface area contributed by atoms with Crippen molar-refractivity contribution in [1.82, 2.24) is 14.7 Å². The number of benzene rings is 2. The third-order valence-electron chi connectivity index (χ3n) is 6.47. The van der Waals surface area contributed by atoms with E-state index in [2.05, 4.69) is 17.0 Å². The molecular formula is C25H29Cl2N3O3. The average Bonchev–Trinajstić information content (AvgIpc) is 2.86. The van der Waals surface area contributed by atoms with Crippen molar-refractivity contribution in [2.45, 2.75) is 19.4 Å². The van der Waals surface area contributed by atoms with Gasteiger partial charge in [-0.2, -0.15) is 0 Å². The lowest BCUT2D eigenvalue weighted by atomic mass is 9.95. The minimum absolute atomic E-state index is 0.102. The molecule has 1 atom stereocenters. The van der Waals surface area contributed by atoms with E-state index in [9.17, 15) is 9.59 Å². The van der Waals surface area contributed by atoms with Crippen molar-refractivity contribution in [2.24, 2.45) is 5.92 Å². The second-order valence-corrected chi connectivity index (χ2v) is 9.48. The monoisotopic (exact) mass is 489 g/mol. The fourth-order valence-electron chi connectivity index (χ4n) is 4.55. The van der Waals surface area contributed by atoms with Gasteiger partial charge >= 0.3 is 0 Å². The number of likely N-dealkylation sites (tertiary alicyclic amines) is 1. The summed E-state index contributed by atoms with van der Waals surface area (Å²) in [6.07, 6.45) is 1.64. The summed E-state index contributed by atoms with van der Waals surface area (Å²) in [5.41, 5.74) is 1.74. The van der Waals surface area contributed by atoms with E-state index in [1.807, 2.05) is 17.0 Å². The zero-order chi connectivity index (χ0) is 23.4. The van der Waals surface area contributed by atoms with E-state index < -0.39 is 0 Å². The molecule has 2 aliphatic heterocycles. The highest BCUT2D eigenvalue weighted by Crippen LogP contribution is 2.26. The second kappa shape index (κ2) is 10.8. The number of carbonyl (C=O) groups is 2. The molecule has 2 aromatic rings. The van der Waals surface area contributed by atoms with Gasteiger partial charge < -0.3 is 14.5 Å². The van der Waals surface area contributed by atoms with Crippen molar-refractivity contribution in [1.29, 1.82) is 0 Å². The molecule has 0 saturated carbocycles. The molecule has 4 rings (SSSR count). The van der Waals surface area contributed by atoms with Gasteiger partial charge in [-0.05, 0) is 48.7 Å². The van der Waals surface area contributed by atoms with Gasteiger partial charge in [-0.3, -0.25) is 14.5 Å². The first kappa shape index (κ1) is 23.9. The molecule has 1 unspecified atom stereocenters. The fraction of sp³-hybridized carbons (Fsp3) is 0.440. The molecular weight excluding hydrogens is 461 g/mol. The van der Waals surface area contributed by atoms with Gasteiger partial charge in [-0.1, -0.05) is 35.3 Å². The van der Waals surface area contributed by atoms with Crippen LogP contribution in [0.1, 0.15) is 28.8 Å². The predicted octanol–water partition coefficient (Wildman–Crippen LogP) is 4.20. The van der Waals surface area contributed by atoms with E-state index in [0.29, 0.717) is 41.8 Å². The van der Waals surface area contributed by atoms with Crippen molar-refractivity contribution in [3.63, 3.8) is 0 Å². The normalized spacial score (nSPS) is 19.4. The van der Waals surface area contributed by atoms with Crippen LogP contribution in [0.3, 0.4) is 0 Å². The highest BCUT2D eigenvalue weighted by atomic mass is 35.5. The van der Waals surface area contributed by atoms with Crippen LogP contribution in [0.5, 0.6) is 5.75 Å². The number of rotatable bonds is 5. The van der Waals surface area contributed by atoms with E-state index in [1.165, 1.54) is 5.56 Å². The second-order valence-electron chi connectivity index (χ2n) is 8.67. The summed E-state index contributed by atoms with van der Waals surface area (Å²) in [5, 5.41) is 0.783. The van der Waals surface area contributed by atoms with Crippen molar-refractivity contribution in [3.8, 4) is 5.75 Å². The van der Waals surface area contributed by atoms with E-state index in [1.54, 1.807) is 30.2 Å². The number of carbonyl (C=O) groups excluding carboxylic acids is 2. The van der Waals surface area contributed by atoms with Gasteiger partial charge in [0.1, 0.15) is 5.75 Å². The van der Waals surface area contributed by atoms with Gasteiger partial charge in [-0.15, -0.1) is 0 Å². The first-order chi connectivity index (χ1) is 15.9. The number of piperazine rings is 1. The highest BCUT2D eigenvalue weighted by Gasteiger charge is 2.33. The molecule has 0 bridgehead atoms. The number of amides is 2. The van der Waals surface area contributed by atoms with Gasteiger partial charge in [0.05, 0.1) is 23.1 Å². The number of ether oxygens (including phenoxy) is 1. The van der Waals surface area contributed by atoms with Crippen LogP contribution < -0.4 is 4.74 Å². The Bertz CT molecular complexity index is 991. The molecule has 0 radical (unpaired) electrons. The Hall–Kier alpha value is -2.28. The summed E-state index contributed by atoms with van der Waals surface area (Å²) in [4.78, 5) is 32.3. The van der Waals surface area contributed by atoms with Crippen LogP contribution in [0.25, 0.3) is 0 Å². The van der Waals surface area contributed by atoms with Gasteiger partial charge in [0.15, 0.2) is 0 Å². The summed E-state index contributed by atoms with van der Waals surface area (Å²) in [6.45, 7) is 5.08. The molecule has 2 aromatic carbocycles. The molecule has 2 saturated heterocycles. The summed E-state index contributed by atoms with van der Waals surface area (Å²) >= 11 is 12.1. The Labute approximate surface area is 205 Å². The standard InChI is InChI=1S/C25H29Cl2N3O3/c1-33-21-7-4-18(5-8-21)16-28-11-13-29(14-12-28)25(32)20-3-2-10-30(17-20)24(31)19-6-9-22(26)23(27)15-19/h4-9,15,20H,2-3,10-14,16-17H2,1H3. The molecule has 0 N–H and O–H groups in total. The van der Waals surface area contributed by atoms with Crippen molar-refractivity contribution >= 4 is 35.0 Å². The summed E-state index contributed by atoms with van der Waals surface area (Å²) < 4.78 is 5.22. The van der Waals surface area contributed by atoms with Crippen LogP contribution >= 0.6 is 23.2 Å². The summed E-state index contributed by atoms with van der Waals surface area (Å²) in [6, 6.07) is 13.0. The molecule has 0 spiro atoms. The maximum Gasteiger partial charge on any atom is 0.253 e. The number of piperidine rings is 1. The van der Waals surface area contributed by atoms with Crippen LogP contribution in [0.4, 0.5) is 0 Å². The van der Waals surface area contributed by atoms with Crippen molar-refractivity contribution in [2.75, 3.05) is 46.4 Å².